The van der Waals surface area contributed by atoms with Gasteiger partial charge >= 0.3 is 5.97 Å². The van der Waals surface area contributed by atoms with Crippen molar-refractivity contribution in [2.45, 2.75) is 13.1 Å². The first-order valence-corrected chi connectivity index (χ1v) is 7.98. The third kappa shape index (κ3) is 5.92. The number of likely N-dealkylation sites (N-methyl/N-ethyl adjacent to an activating group) is 1. The van der Waals surface area contributed by atoms with E-state index < -0.39 is 17.6 Å². The molecule has 0 aliphatic rings. The molecule has 134 valence electrons. The predicted octanol–water partition coefficient (Wildman–Crippen LogP) is 3.23. The highest BCUT2D eigenvalue weighted by Crippen LogP contribution is 2.15. The molecule has 0 spiro atoms. The second-order valence-corrected chi connectivity index (χ2v) is 6.25. The Morgan fingerprint density at radius 2 is 1.68 bits per heavy atom. The molecule has 2 aromatic carbocycles. The van der Waals surface area contributed by atoms with Crippen LogP contribution < -0.4 is 0 Å². The molecule has 0 radical (unpaired) electrons. The number of rotatable bonds is 8. The highest BCUT2D eigenvalue weighted by atomic mass is 19.1. The minimum atomic E-state index is -0.968. The van der Waals surface area contributed by atoms with Crippen molar-refractivity contribution in [1.82, 2.24) is 9.80 Å². The van der Waals surface area contributed by atoms with Gasteiger partial charge < -0.3 is 10.0 Å². The van der Waals surface area contributed by atoms with E-state index in [2.05, 4.69) is 0 Å². The quantitative estimate of drug-likeness (QED) is 0.795. The summed E-state index contributed by atoms with van der Waals surface area (Å²) in [6.45, 7) is 2.38. The molecular weight excluding hydrogens is 326 g/mol. The maximum atomic E-state index is 13.9. The van der Waals surface area contributed by atoms with E-state index >= 15 is 0 Å². The molecule has 25 heavy (non-hydrogen) atoms. The molecule has 2 rings (SSSR count). The molecule has 0 unspecified atom stereocenters. The van der Waals surface area contributed by atoms with Crippen LogP contribution in [0.2, 0.25) is 0 Å². The monoisotopic (exact) mass is 348 g/mol. The molecule has 0 saturated heterocycles. The molecule has 0 aromatic heterocycles. The maximum Gasteiger partial charge on any atom is 0.335 e. The van der Waals surface area contributed by atoms with Gasteiger partial charge in [-0.05, 0) is 37.9 Å². The molecule has 0 saturated carbocycles. The van der Waals surface area contributed by atoms with Gasteiger partial charge in [-0.1, -0.05) is 18.2 Å². The molecule has 0 fully saturated rings. The second kappa shape index (κ2) is 8.69. The molecule has 0 bridgehead atoms. The van der Waals surface area contributed by atoms with Crippen molar-refractivity contribution in [3.63, 3.8) is 0 Å². The van der Waals surface area contributed by atoms with E-state index in [-0.39, 0.29) is 5.56 Å². The zero-order valence-electron chi connectivity index (χ0n) is 14.4. The maximum absolute atomic E-state index is 13.9. The highest BCUT2D eigenvalue weighted by Gasteiger charge is 2.12. The Hall–Kier alpha value is -2.31. The van der Waals surface area contributed by atoms with E-state index in [1.165, 1.54) is 12.1 Å². The van der Waals surface area contributed by atoms with E-state index in [1.807, 2.05) is 23.9 Å². The lowest BCUT2D eigenvalue weighted by molar-refractivity contribution is 0.0697. The summed E-state index contributed by atoms with van der Waals surface area (Å²) in [7, 11) is 3.91. The Morgan fingerprint density at radius 3 is 2.24 bits per heavy atom. The van der Waals surface area contributed by atoms with Crippen LogP contribution in [0, 0.1) is 11.6 Å². The van der Waals surface area contributed by atoms with Crippen LogP contribution in [0.3, 0.4) is 0 Å². The van der Waals surface area contributed by atoms with E-state index in [1.54, 1.807) is 24.3 Å². The Bertz CT molecular complexity index is 718. The number of hydrogen-bond acceptors (Lipinski definition) is 3. The molecule has 6 heteroatoms. The Balaban J connectivity index is 2.12. The zero-order chi connectivity index (χ0) is 18.4. The molecular formula is C19H22F2N2O2. The van der Waals surface area contributed by atoms with Crippen molar-refractivity contribution < 1.29 is 18.7 Å². The molecule has 1 N–H and O–H groups in total. The van der Waals surface area contributed by atoms with Crippen LogP contribution in [0.15, 0.2) is 42.5 Å². The molecule has 0 aliphatic carbocycles. The molecule has 4 nitrogen and oxygen atoms in total. The summed E-state index contributed by atoms with van der Waals surface area (Å²) >= 11 is 0. The van der Waals surface area contributed by atoms with Crippen LogP contribution in [0.25, 0.3) is 0 Å². The number of halogens is 2. The van der Waals surface area contributed by atoms with Crippen molar-refractivity contribution in [3.05, 3.63) is 70.8 Å². The van der Waals surface area contributed by atoms with Crippen molar-refractivity contribution in [1.29, 1.82) is 0 Å². The number of carboxylic acids is 1. The third-order valence-electron chi connectivity index (χ3n) is 3.88. The van der Waals surface area contributed by atoms with Crippen LogP contribution in [0.4, 0.5) is 8.78 Å². The van der Waals surface area contributed by atoms with Crippen LogP contribution in [0.1, 0.15) is 21.5 Å². The van der Waals surface area contributed by atoms with Gasteiger partial charge in [0.2, 0.25) is 0 Å². The summed E-state index contributed by atoms with van der Waals surface area (Å²) in [6.07, 6.45) is 0. The normalized spacial score (nSPS) is 11.3. The van der Waals surface area contributed by atoms with Crippen LogP contribution in [-0.2, 0) is 13.1 Å². The van der Waals surface area contributed by atoms with E-state index in [0.29, 0.717) is 25.2 Å². The smallest absolute Gasteiger partial charge is 0.335 e. The SMILES string of the molecule is CN(C)CCN(Cc1ccc(C(=O)O)cc1)Cc1ccc(F)cc1F. The first-order valence-electron chi connectivity index (χ1n) is 7.98. The zero-order valence-corrected chi connectivity index (χ0v) is 14.4. The lowest BCUT2D eigenvalue weighted by atomic mass is 10.1. The first-order chi connectivity index (χ1) is 11.8. The number of hydrogen-bond donors (Lipinski definition) is 1. The van der Waals surface area contributed by atoms with Gasteiger partial charge in [0, 0.05) is 37.8 Å². The van der Waals surface area contributed by atoms with Gasteiger partial charge in [-0.3, -0.25) is 4.90 Å². The van der Waals surface area contributed by atoms with Crippen LogP contribution in [-0.4, -0.2) is 48.1 Å². The number of carboxylic acid groups (broad SMARTS) is 1. The van der Waals surface area contributed by atoms with Gasteiger partial charge in [0.15, 0.2) is 0 Å². The summed E-state index contributed by atoms with van der Waals surface area (Å²) < 4.78 is 27.0. The first kappa shape index (κ1) is 19.0. The number of nitrogens with zero attached hydrogens (tertiary/aromatic N) is 2. The van der Waals surface area contributed by atoms with Crippen LogP contribution >= 0.6 is 0 Å². The summed E-state index contributed by atoms with van der Waals surface area (Å²) in [5.41, 5.74) is 1.60. The number of aromatic carboxylic acids is 1. The molecule has 0 heterocycles. The average molecular weight is 348 g/mol. The minimum absolute atomic E-state index is 0.230. The minimum Gasteiger partial charge on any atom is -0.478 e. The van der Waals surface area contributed by atoms with Crippen LogP contribution in [0.5, 0.6) is 0 Å². The molecule has 2 aromatic rings. The fourth-order valence-electron chi connectivity index (χ4n) is 2.46. The van der Waals surface area contributed by atoms with Gasteiger partial charge in [0.1, 0.15) is 11.6 Å². The van der Waals surface area contributed by atoms with Crippen molar-refractivity contribution in [3.8, 4) is 0 Å². The fourth-order valence-corrected chi connectivity index (χ4v) is 2.46. The van der Waals surface area contributed by atoms with Gasteiger partial charge in [0.25, 0.3) is 0 Å². The van der Waals surface area contributed by atoms with E-state index in [9.17, 15) is 13.6 Å². The van der Waals surface area contributed by atoms with E-state index in [0.717, 1.165) is 18.2 Å². The molecule has 0 amide bonds. The highest BCUT2D eigenvalue weighted by molar-refractivity contribution is 5.87. The Labute approximate surface area is 146 Å². The Morgan fingerprint density at radius 1 is 1.00 bits per heavy atom. The topological polar surface area (TPSA) is 43.8 Å². The van der Waals surface area contributed by atoms with Gasteiger partial charge in [-0.15, -0.1) is 0 Å². The van der Waals surface area contributed by atoms with E-state index in [4.69, 9.17) is 5.11 Å². The average Bonchev–Trinajstić information content (AvgIpc) is 2.55. The predicted molar refractivity (Wildman–Crippen MR) is 92.4 cm³/mol. The lowest BCUT2D eigenvalue weighted by Gasteiger charge is -2.24. The summed E-state index contributed by atoms with van der Waals surface area (Å²) in [6, 6.07) is 10.2. The standard InChI is InChI=1S/C19H22F2N2O2/c1-22(2)9-10-23(13-16-7-8-17(20)11-18(16)21)12-14-3-5-15(6-4-14)19(24)25/h3-8,11H,9-10,12-13H2,1-2H3,(H,24,25). The summed E-state index contributed by atoms with van der Waals surface area (Å²) in [4.78, 5) is 15.0. The summed E-state index contributed by atoms with van der Waals surface area (Å²) in [5, 5.41) is 8.96. The summed E-state index contributed by atoms with van der Waals surface area (Å²) in [5.74, 6) is -2.12. The fraction of sp³-hybridized carbons (Fsp3) is 0.316. The lowest BCUT2D eigenvalue weighted by Crippen LogP contribution is -2.31. The van der Waals surface area contributed by atoms with Gasteiger partial charge in [0.05, 0.1) is 5.56 Å². The third-order valence-corrected chi connectivity index (χ3v) is 3.88. The molecule has 0 aliphatic heterocycles. The molecule has 0 atom stereocenters. The number of benzene rings is 2. The Kier molecular flexibility index (Phi) is 6.61. The van der Waals surface area contributed by atoms with Crippen molar-refractivity contribution in [2.75, 3.05) is 27.2 Å². The van der Waals surface area contributed by atoms with Gasteiger partial charge in [-0.25, -0.2) is 13.6 Å². The second-order valence-electron chi connectivity index (χ2n) is 6.25. The van der Waals surface area contributed by atoms with Crippen molar-refractivity contribution in [2.24, 2.45) is 0 Å². The number of carbonyl (C=O) groups is 1. The van der Waals surface area contributed by atoms with Gasteiger partial charge in [-0.2, -0.15) is 0 Å². The largest absolute Gasteiger partial charge is 0.478 e. The van der Waals surface area contributed by atoms with Crippen molar-refractivity contribution >= 4 is 5.97 Å².